The lowest BCUT2D eigenvalue weighted by atomic mass is 10.00. The number of ketones is 1. The van der Waals surface area contributed by atoms with E-state index in [-0.39, 0.29) is 35.4 Å². The molecule has 1 aromatic carbocycles. The number of pyridine rings is 1. The van der Waals surface area contributed by atoms with E-state index >= 15 is 0 Å². The van der Waals surface area contributed by atoms with E-state index in [0.717, 1.165) is 10.9 Å². The van der Waals surface area contributed by atoms with Gasteiger partial charge in [-0.25, -0.2) is 4.79 Å². The van der Waals surface area contributed by atoms with Crippen molar-refractivity contribution >= 4 is 22.6 Å². The molecule has 174 valence electrons. The second kappa shape index (κ2) is 9.33. The van der Waals surface area contributed by atoms with Gasteiger partial charge in [-0.1, -0.05) is 30.4 Å². The molecule has 1 saturated heterocycles. The maximum atomic E-state index is 13.4. The van der Waals surface area contributed by atoms with E-state index in [1.807, 2.05) is 39.0 Å². The third-order valence-electron chi connectivity index (χ3n) is 6.03. The van der Waals surface area contributed by atoms with Crippen LogP contribution in [-0.2, 0) is 14.3 Å². The smallest absolute Gasteiger partial charge is 0.318 e. The fourth-order valence-electron chi connectivity index (χ4n) is 4.11. The van der Waals surface area contributed by atoms with Crippen LogP contribution in [0.25, 0.3) is 10.8 Å². The summed E-state index contributed by atoms with van der Waals surface area (Å²) >= 11 is 0. The van der Waals surface area contributed by atoms with Crippen LogP contribution in [0.15, 0.2) is 59.6 Å². The summed E-state index contributed by atoms with van der Waals surface area (Å²) in [6.45, 7) is 7.00. The van der Waals surface area contributed by atoms with Crippen LogP contribution < -0.4 is 10.9 Å². The van der Waals surface area contributed by atoms with Gasteiger partial charge in [0.15, 0.2) is 11.6 Å². The Labute approximate surface area is 192 Å². The van der Waals surface area contributed by atoms with Crippen LogP contribution in [0.3, 0.4) is 0 Å². The molecule has 0 bridgehead atoms. The van der Waals surface area contributed by atoms with Gasteiger partial charge in [0.1, 0.15) is 0 Å². The lowest BCUT2D eigenvalue weighted by molar-refractivity contribution is -0.263. The maximum absolute atomic E-state index is 13.4. The quantitative estimate of drug-likeness (QED) is 0.728. The first-order valence-corrected chi connectivity index (χ1v) is 11.1. The first kappa shape index (κ1) is 22.9. The highest BCUT2D eigenvalue weighted by atomic mass is 16.7. The number of ether oxygens (including phenoxy) is 2. The van der Waals surface area contributed by atoms with Crippen LogP contribution in [0.2, 0.25) is 0 Å². The molecule has 1 aliphatic carbocycles. The van der Waals surface area contributed by atoms with Gasteiger partial charge in [-0.3, -0.25) is 9.59 Å². The number of aromatic amines is 1. The van der Waals surface area contributed by atoms with E-state index in [1.165, 1.54) is 12.2 Å². The average Bonchev–Trinajstić information content (AvgIpc) is 2.80. The van der Waals surface area contributed by atoms with Gasteiger partial charge in [-0.05, 0) is 49.9 Å². The molecule has 33 heavy (non-hydrogen) atoms. The molecule has 2 aliphatic rings. The third-order valence-corrected chi connectivity index (χ3v) is 6.03. The van der Waals surface area contributed by atoms with Gasteiger partial charge in [-0.15, -0.1) is 0 Å². The normalized spacial score (nSPS) is 19.5. The molecular weight excluding hydrogens is 422 g/mol. The summed E-state index contributed by atoms with van der Waals surface area (Å²) < 4.78 is 11.6. The predicted octanol–water partition coefficient (Wildman–Crippen LogP) is 3.06. The molecule has 1 fully saturated rings. The number of aromatic nitrogens is 1. The van der Waals surface area contributed by atoms with Crippen molar-refractivity contribution in [2.45, 2.75) is 38.6 Å². The van der Waals surface area contributed by atoms with Gasteiger partial charge in [0.05, 0.1) is 25.3 Å². The van der Waals surface area contributed by atoms with Crippen molar-refractivity contribution in [2.24, 2.45) is 5.92 Å². The standard InChI is InChI=1S/C25H29N3O5/c1-16(22-12-26-23(30)21-7-5-4-6-20(21)22)28(13-17-14-32-25(2,3)33-15-17)24(31)27-18-8-10-19(29)11-9-18/h4-12,16-18H,13-15H2,1-3H3,(H,26,30)(H,27,31)/t16-/m0/s1. The van der Waals surface area contributed by atoms with Crippen LogP contribution in [-0.4, -0.2) is 53.3 Å². The number of H-pyrrole nitrogens is 1. The summed E-state index contributed by atoms with van der Waals surface area (Å²) in [4.78, 5) is 41.7. The fraction of sp³-hybridized carbons (Fsp3) is 0.400. The van der Waals surface area contributed by atoms with Gasteiger partial charge in [0.2, 0.25) is 0 Å². The van der Waals surface area contributed by atoms with Gasteiger partial charge < -0.3 is 24.7 Å². The lowest BCUT2D eigenvalue weighted by Gasteiger charge is -2.39. The Balaban J connectivity index is 1.62. The Kier molecular flexibility index (Phi) is 6.49. The van der Waals surface area contributed by atoms with Crippen molar-refractivity contribution < 1.29 is 19.1 Å². The zero-order valence-electron chi connectivity index (χ0n) is 19.0. The topological polar surface area (TPSA) is 101 Å². The lowest BCUT2D eigenvalue weighted by Crippen LogP contribution is -2.50. The van der Waals surface area contributed by atoms with Crippen LogP contribution in [0.4, 0.5) is 4.79 Å². The van der Waals surface area contributed by atoms with Crippen LogP contribution in [0.5, 0.6) is 0 Å². The van der Waals surface area contributed by atoms with E-state index in [2.05, 4.69) is 10.3 Å². The summed E-state index contributed by atoms with van der Waals surface area (Å²) in [6.07, 6.45) is 7.88. The second-order valence-corrected chi connectivity index (χ2v) is 8.93. The van der Waals surface area contributed by atoms with E-state index in [9.17, 15) is 14.4 Å². The van der Waals surface area contributed by atoms with Crippen LogP contribution in [0, 0.1) is 5.92 Å². The zero-order chi connectivity index (χ0) is 23.6. The molecule has 0 saturated carbocycles. The summed E-state index contributed by atoms with van der Waals surface area (Å²) in [6, 6.07) is 6.35. The number of urea groups is 1. The number of allylic oxidation sites excluding steroid dienone is 2. The Morgan fingerprint density at radius 3 is 2.45 bits per heavy atom. The van der Waals surface area contributed by atoms with E-state index in [4.69, 9.17) is 9.47 Å². The van der Waals surface area contributed by atoms with Gasteiger partial charge in [-0.2, -0.15) is 0 Å². The number of carbonyl (C=O) groups is 2. The Morgan fingerprint density at radius 2 is 1.79 bits per heavy atom. The highest BCUT2D eigenvalue weighted by molar-refractivity contribution is 6.00. The molecule has 2 N–H and O–H groups in total. The number of hydrogen-bond acceptors (Lipinski definition) is 5. The molecule has 1 atom stereocenters. The number of fused-ring (bicyclic) bond motifs is 1. The number of hydrogen-bond donors (Lipinski definition) is 2. The SMILES string of the molecule is C[C@@H](c1c[nH]c(=O)c2ccccc12)N(CC1COC(C)(C)OC1)C(=O)NC1C=CC(=O)C=C1. The summed E-state index contributed by atoms with van der Waals surface area (Å²) in [7, 11) is 0. The van der Waals surface area contributed by atoms with E-state index < -0.39 is 5.79 Å². The number of nitrogens with one attached hydrogen (secondary N) is 2. The van der Waals surface area contributed by atoms with Crippen LogP contribution in [0.1, 0.15) is 32.4 Å². The fourth-order valence-corrected chi connectivity index (χ4v) is 4.11. The van der Waals surface area contributed by atoms with Gasteiger partial charge in [0, 0.05) is 24.0 Å². The van der Waals surface area contributed by atoms with Crippen molar-refractivity contribution in [1.82, 2.24) is 15.2 Å². The molecule has 1 aliphatic heterocycles. The van der Waals surface area contributed by atoms with Gasteiger partial charge in [0.25, 0.3) is 5.56 Å². The van der Waals surface area contributed by atoms with Crippen molar-refractivity contribution in [2.75, 3.05) is 19.8 Å². The maximum Gasteiger partial charge on any atom is 0.318 e. The highest BCUT2D eigenvalue weighted by Crippen LogP contribution is 2.29. The predicted molar refractivity (Wildman–Crippen MR) is 125 cm³/mol. The third kappa shape index (κ3) is 5.23. The Morgan fingerprint density at radius 1 is 1.15 bits per heavy atom. The van der Waals surface area contributed by atoms with E-state index in [0.29, 0.717) is 25.1 Å². The van der Waals surface area contributed by atoms with Crippen molar-refractivity contribution in [3.05, 3.63) is 70.7 Å². The van der Waals surface area contributed by atoms with E-state index in [1.54, 1.807) is 29.3 Å². The molecule has 2 heterocycles. The van der Waals surface area contributed by atoms with Crippen molar-refractivity contribution in [1.29, 1.82) is 0 Å². The molecule has 2 amide bonds. The number of benzene rings is 1. The summed E-state index contributed by atoms with van der Waals surface area (Å²) in [5.41, 5.74) is 0.666. The van der Waals surface area contributed by atoms with Crippen LogP contribution >= 0.6 is 0 Å². The second-order valence-electron chi connectivity index (χ2n) is 8.93. The molecule has 0 radical (unpaired) electrons. The first-order valence-electron chi connectivity index (χ1n) is 11.1. The minimum absolute atomic E-state index is 0.0146. The average molecular weight is 452 g/mol. The first-order chi connectivity index (χ1) is 15.7. The molecule has 0 spiro atoms. The minimum Gasteiger partial charge on any atom is -0.350 e. The van der Waals surface area contributed by atoms with Crippen molar-refractivity contribution in [3.8, 4) is 0 Å². The minimum atomic E-state index is -0.644. The Bertz CT molecular complexity index is 1140. The largest absolute Gasteiger partial charge is 0.350 e. The highest BCUT2D eigenvalue weighted by Gasteiger charge is 2.33. The molecule has 4 rings (SSSR count). The number of amides is 2. The molecule has 8 heteroatoms. The monoisotopic (exact) mass is 451 g/mol. The summed E-state index contributed by atoms with van der Waals surface area (Å²) in [5.74, 6) is -0.766. The molecular formula is C25H29N3O5. The zero-order valence-corrected chi connectivity index (χ0v) is 19.0. The Hall–Kier alpha value is -3.23. The molecule has 8 nitrogen and oxygen atoms in total. The summed E-state index contributed by atoms with van der Waals surface area (Å²) in [5, 5.41) is 4.34. The number of nitrogens with zero attached hydrogens (tertiary/aromatic N) is 1. The number of rotatable bonds is 5. The molecule has 1 aromatic heterocycles. The molecule has 0 unspecified atom stereocenters. The van der Waals surface area contributed by atoms with Crippen molar-refractivity contribution in [3.63, 3.8) is 0 Å². The number of carbonyl (C=O) groups excluding carboxylic acids is 2. The van der Waals surface area contributed by atoms with Gasteiger partial charge >= 0.3 is 6.03 Å². The molecule has 2 aromatic rings.